The number of para-hydroxylation sites is 1. The molecular weight excluding hydrogens is 174 g/mol. The van der Waals surface area contributed by atoms with Gasteiger partial charge in [-0.15, -0.1) is 0 Å². The fraction of sp³-hybridized carbons (Fsp3) is 0.417. The lowest BCUT2D eigenvalue weighted by Crippen LogP contribution is -2.31. The molecule has 0 aromatic heterocycles. The lowest BCUT2D eigenvalue weighted by atomic mass is 10.2. The SMILES string of the molecule is CC(=O)N(CC(C)C)c1ccccc1. The lowest BCUT2D eigenvalue weighted by molar-refractivity contribution is -0.116. The number of benzene rings is 1. The van der Waals surface area contributed by atoms with Gasteiger partial charge in [0.1, 0.15) is 0 Å². The van der Waals surface area contributed by atoms with Gasteiger partial charge >= 0.3 is 0 Å². The Morgan fingerprint density at radius 3 is 2.29 bits per heavy atom. The van der Waals surface area contributed by atoms with E-state index in [1.165, 1.54) is 0 Å². The predicted molar refractivity (Wildman–Crippen MR) is 59.3 cm³/mol. The molecule has 0 unspecified atom stereocenters. The minimum absolute atomic E-state index is 0.102. The fourth-order valence-electron chi connectivity index (χ4n) is 1.39. The summed E-state index contributed by atoms with van der Waals surface area (Å²) in [6, 6.07) is 9.78. The van der Waals surface area contributed by atoms with Crippen LogP contribution in [0.4, 0.5) is 5.69 Å². The summed E-state index contributed by atoms with van der Waals surface area (Å²) in [5.41, 5.74) is 0.980. The molecule has 0 saturated carbocycles. The van der Waals surface area contributed by atoms with Gasteiger partial charge in [0, 0.05) is 19.2 Å². The first-order valence-electron chi connectivity index (χ1n) is 4.94. The van der Waals surface area contributed by atoms with Crippen LogP contribution >= 0.6 is 0 Å². The first kappa shape index (κ1) is 10.8. The summed E-state index contributed by atoms with van der Waals surface area (Å²) >= 11 is 0. The number of amides is 1. The van der Waals surface area contributed by atoms with E-state index in [-0.39, 0.29) is 5.91 Å². The van der Waals surface area contributed by atoms with E-state index >= 15 is 0 Å². The van der Waals surface area contributed by atoms with Crippen LogP contribution in [0, 0.1) is 5.92 Å². The van der Waals surface area contributed by atoms with Gasteiger partial charge in [0.15, 0.2) is 0 Å². The van der Waals surface area contributed by atoms with Gasteiger partial charge in [-0.25, -0.2) is 0 Å². The summed E-state index contributed by atoms with van der Waals surface area (Å²) in [5, 5.41) is 0. The Kier molecular flexibility index (Phi) is 3.69. The van der Waals surface area contributed by atoms with E-state index in [9.17, 15) is 4.79 Å². The summed E-state index contributed by atoms with van der Waals surface area (Å²) < 4.78 is 0. The van der Waals surface area contributed by atoms with Crippen LogP contribution < -0.4 is 4.90 Å². The second-order valence-corrected chi connectivity index (χ2v) is 3.86. The number of anilines is 1. The van der Waals surface area contributed by atoms with E-state index in [1.54, 1.807) is 6.92 Å². The number of carbonyl (C=O) groups is 1. The van der Waals surface area contributed by atoms with Crippen LogP contribution in [-0.2, 0) is 4.79 Å². The third-order valence-corrected chi connectivity index (χ3v) is 2.00. The Hall–Kier alpha value is -1.31. The molecule has 0 bridgehead atoms. The Labute approximate surface area is 85.5 Å². The van der Waals surface area contributed by atoms with E-state index in [4.69, 9.17) is 0 Å². The van der Waals surface area contributed by atoms with Gasteiger partial charge in [-0.3, -0.25) is 4.79 Å². The van der Waals surface area contributed by atoms with Crippen molar-refractivity contribution in [2.24, 2.45) is 5.92 Å². The van der Waals surface area contributed by atoms with Gasteiger partial charge in [0.25, 0.3) is 0 Å². The molecule has 1 amide bonds. The van der Waals surface area contributed by atoms with Crippen molar-refractivity contribution in [2.75, 3.05) is 11.4 Å². The lowest BCUT2D eigenvalue weighted by Gasteiger charge is -2.23. The maximum absolute atomic E-state index is 11.4. The quantitative estimate of drug-likeness (QED) is 0.719. The van der Waals surface area contributed by atoms with Gasteiger partial charge in [-0.05, 0) is 18.1 Å². The Morgan fingerprint density at radius 1 is 1.29 bits per heavy atom. The van der Waals surface area contributed by atoms with Crippen molar-refractivity contribution < 1.29 is 4.79 Å². The molecule has 76 valence electrons. The van der Waals surface area contributed by atoms with Crippen LogP contribution in [0.15, 0.2) is 30.3 Å². The second-order valence-electron chi connectivity index (χ2n) is 3.86. The average Bonchev–Trinajstić information content (AvgIpc) is 2.15. The molecule has 0 fully saturated rings. The molecule has 0 spiro atoms. The number of hydrogen-bond acceptors (Lipinski definition) is 1. The molecule has 2 nitrogen and oxygen atoms in total. The molecule has 14 heavy (non-hydrogen) atoms. The molecule has 0 heterocycles. The number of carbonyl (C=O) groups excluding carboxylic acids is 1. The Morgan fingerprint density at radius 2 is 1.86 bits per heavy atom. The van der Waals surface area contributed by atoms with E-state index in [2.05, 4.69) is 13.8 Å². The van der Waals surface area contributed by atoms with Gasteiger partial charge in [-0.1, -0.05) is 32.0 Å². The summed E-state index contributed by atoms with van der Waals surface area (Å²) in [6.07, 6.45) is 0. The van der Waals surface area contributed by atoms with Crippen molar-refractivity contribution in [3.8, 4) is 0 Å². The van der Waals surface area contributed by atoms with Crippen LogP contribution in [0.25, 0.3) is 0 Å². The molecule has 1 rings (SSSR count). The van der Waals surface area contributed by atoms with E-state index < -0.39 is 0 Å². The molecule has 0 aliphatic carbocycles. The first-order chi connectivity index (χ1) is 6.61. The minimum Gasteiger partial charge on any atom is -0.312 e. The summed E-state index contributed by atoms with van der Waals surface area (Å²) in [7, 11) is 0. The van der Waals surface area contributed by atoms with Gasteiger partial charge in [0.05, 0.1) is 0 Å². The highest BCUT2D eigenvalue weighted by Gasteiger charge is 2.11. The van der Waals surface area contributed by atoms with Gasteiger partial charge in [-0.2, -0.15) is 0 Å². The van der Waals surface area contributed by atoms with Crippen LogP contribution in [-0.4, -0.2) is 12.5 Å². The van der Waals surface area contributed by atoms with Crippen LogP contribution in [0.5, 0.6) is 0 Å². The van der Waals surface area contributed by atoms with E-state index in [0.29, 0.717) is 5.92 Å². The van der Waals surface area contributed by atoms with Gasteiger partial charge in [0.2, 0.25) is 5.91 Å². The van der Waals surface area contributed by atoms with Gasteiger partial charge < -0.3 is 4.90 Å². The first-order valence-corrected chi connectivity index (χ1v) is 4.94. The zero-order chi connectivity index (χ0) is 10.6. The highest BCUT2D eigenvalue weighted by atomic mass is 16.2. The molecule has 0 saturated heterocycles. The molecule has 0 radical (unpaired) electrons. The van der Waals surface area contributed by atoms with Crippen molar-refractivity contribution in [3.05, 3.63) is 30.3 Å². The second kappa shape index (κ2) is 4.80. The molecular formula is C12H17NO. The molecule has 1 aromatic carbocycles. The van der Waals surface area contributed by atoms with Crippen molar-refractivity contribution in [2.45, 2.75) is 20.8 Å². The number of nitrogens with zero attached hydrogens (tertiary/aromatic N) is 1. The Bertz CT molecular complexity index is 292. The standard InChI is InChI=1S/C12H17NO/c1-10(2)9-13(11(3)14)12-7-5-4-6-8-12/h4-8,10H,9H2,1-3H3. The third kappa shape index (κ3) is 2.87. The predicted octanol–water partition coefficient (Wildman–Crippen LogP) is 2.70. The zero-order valence-electron chi connectivity index (χ0n) is 9.03. The van der Waals surface area contributed by atoms with Crippen molar-refractivity contribution >= 4 is 11.6 Å². The van der Waals surface area contributed by atoms with Crippen molar-refractivity contribution in [1.29, 1.82) is 0 Å². The average molecular weight is 191 g/mol. The maximum Gasteiger partial charge on any atom is 0.223 e. The molecule has 0 atom stereocenters. The largest absolute Gasteiger partial charge is 0.312 e. The smallest absolute Gasteiger partial charge is 0.223 e. The molecule has 2 heteroatoms. The summed E-state index contributed by atoms with van der Waals surface area (Å²) in [6.45, 7) is 6.60. The normalized spacial score (nSPS) is 10.3. The Balaban J connectivity index is 2.84. The van der Waals surface area contributed by atoms with Crippen LogP contribution in [0.2, 0.25) is 0 Å². The topological polar surface area (TPSA) is 20.3 Å². The minimum atomic E-state index is 0.102. The highest BCUT2D eigenvalue weighted by Crippen LogP contribution is 2.14. The molecule has 0 aliphatic heterocycles. The maximum atomic E-state index is 11.4. The molecule has 1 aromatic rings. The van der Waals surface area contributed by atoms with E-state index in [1.807, 2.05) is 35.2 Å². The van der Waals surface area contributed by atoms with Crippen molar-refractivity contribution in [3.63, 3.8) is 0 Å². The summed E-state index contributed by atoms with van der Waals surface area (Å²) in [4.78, 5) is 13.2. The zero-order valence-corrected chi connectivity index (χ0v) is 9.03. The highest BCUT2D eigenvalue weighted by molar-refractivity contribution is 5.91. The van der Waals surface area contributed by atoms with Crippen LogP contribution in [0.1, 0.15) is 20.8 Å². The monoisotopic (exact) mass is 191 g/mol. The number of rotatable bonds is 3. The summed E-state index contributed by atoms with van der Waals surface area (Å²) in [5.74, 6) is 0.587. The van der Waals surface area contributed by atoms with Crippen molar-refractivity contribution in [1.82, 2.24) is 0 Å². The van der Waals surface area contributed by atoms with Crippen LogP contribution in [0.3, 0.4) is 0 Å². The molecule has 0 aliphatic rings. The number of hydrogen-bond donors (Lipinski definition) is 0. The molecule has 0 N–H and O–H groups in total. The fourth-order valence-corrected chi connectivity index (χ4v) is 1.39. The third-order valence-electron chi connectivity index (χ3n) is 2.00. The van der Waals surface area contributed by atoms with E-state index in [0.717, 1.165) is 12.2 Å².